The standard InChI is InChI=1S/C27H27N3O3/c31-25(28-18-20-9-3-1-4-10-20)23-14-8-16-30(19-23)27(33)22-13-7-15-24(17-22)29-26(32)21-11-5-2-6-12-21/h1-7,9-13,15,17,23H,8,14,16,18-19H2,(H,28,31)(H,29,32)/t23-/m1/s1. The number of hydrogen-bond acceptors (Lipinski definition) is 3. The van der Waals surface area contributed by atoms with Crippen LogP contribution in [0.4, 0.5) is 5.69 Å². The van der Waals surface area contributed by atoms with E-state index in [-0.39, 0.29) is 23.6 Å². The minimum Gasteiger partial charge on any atom is -0.352 e. The number of piperidine rings is 1. The van der Waals surface area contributed by atoms with Gasteiger partial charge in [0.1, 0.15) is 0 Å². The summed E-state index contributed by atoms with van der Waals surface area (Å²) in [5, 5.41) is 5.83. The third kappa shape index (κ3) is 5.86. The van der Waals surface area contributed by atoms with E-state index in [4.69, 9.17) is 0 Å². The Morgan fingerprint density at radius 3 is 2.30 bits per heavy atom. The van der Waals surface area contributed by atoms with Crippen LogP contribution in [0.3, 0.4) is 0 Å². The zero-order valence-corrected chi connectivity index (χ0v) is 18.4. The van der Waals surface area contributed by atoms with Crippen molar-refractivity contribution < 1.29 is 14.4 Å². The molecule has 0 saturated carbocycles. The van der Waals surface area contributed by atoms with E-state index < -0.39 is 0 Å². The van der Waals surface area contributed by atoms with E-state index in [0.29, 0.717) is 36.4 Å². The average Bonchev–Trinajstić information content (AvgIpc) is 2.88. The quantitative estimate of drug-likeness (QED) is 0.604. The number of nitrogens with one attached hydrogen (secondary N) is 2. The van der Waals surface area contributed by atoms with Gasteiger partial charge in [-0.15, -0.1) is 0 Å². The SMILES string of the molecule is O=C(Nc1cccc(C(=O)N2CCC[C@@H](C(=O)NCc3ccccc3)C2)c1)c1ccccc1. The van der Waals surface area contributed by atoms with Crippen molar-refractivity contribution in [2.45, 2.75) is 19.4 Å². The summed E-state index contributed by atoms with van der Waals surface area (Å²) in [7, 11) is 0. The van der Waals surface area contributed by atoms with E-state index >= 15 is 0 Å². The molecule has 2 N–H and O–H groups in total. The Kier molecular flexibility index (Phi) is 7.15. The molecule has 33 heavy (non-hydrogen) atoms. The molecule has 1 aliphatic heterocycles. The first kappa shape index (κ1) is 22.3. The van der Waals surface area contributed by atoms with Crippen LogP contribution in [0.15, 0.2) is 84.9 Å². The molecule has 6 heteroatoms. The maximum absolute atomic E-state index is 13.1. The highest BCUT2D eigenvalue weighted by molar-refractivity contribution is 6.05. The third-order valence-corrected chi connectivity index (χ3v) is 5.79. The Morgan fingerprint density at radius 2 is 1.55 bits per heavy atom. The van der Waals surface area contributed by atoms with Gasteiger partial charge in [0.05, 0.1) is 5.92 Å². The van der Waals surface area contributed by atoms with Gasteiger partial charge in [0.25, 0.3) is 11.8 Å². The van der Waals surface area contributed by atoms with Crippen LogP contribution in [0.1, 0.15) is 39.1 Å². The van der Waals surface area contributed by atoms with Crippen LogP contribution in [-0.2, 0) is 11.3 Å². The van der Waals surface area contributed by atoms with Crippen LogP contribution in [0.25, 0.3) is 0 Å². The number of amides is 3. The minimum absolute atomic E-state index is 0.0276. The predicted molar refractivity (Wildman–Crippen MR) is 128 cm³/mol. The van der Waals surface area contributed by atoms with Gasteiger partial charge in [-0.1, -0.05) is 54.6 Å². The Morgan fingerprint density at radius 1 is 0.848 bits per heavy atom. The van der Waals surface area contributed by atoms with Gasteiger partial charge in [-0.3, -0.25) is 14.4 Å². The maximum atomic E-state index is 13.1. The Hall–Kier alpha value is -3.93. The number of anilines is 1. The van der Waals surface area contributed by atoms with Gasteiger partial charge in [-0.05, 0) is 48.7 Å². The van der Waals surface area contributed by atoms with E-state index in [1.54, 1.807) is 53.4 Å². The van der Waals surface area contributed by atoms with Crippen molar-refractivity contribution in [3.8, 4) is 0 Å². The zero-order chi connectivity index (χ0) is 23.0. The molecule has 0 radical (unpaired) electrons. The molecular formula is C27H27N3O3. The van der Waals surface area contributed by atoms with Crippen molar-refractivity contribution >= 4 is 23.4 Å². The molecule has 3 amide bonds. The summed E-state index contributed by atoms with van der Waals surface area (Å²) in [4.78, 5) is 40.0. The summed E-state index contributed by atoms with van der Waals surface area (Å²) in [5.41, 5.74) is 2.65. The molecule has 3 aromatic rings. The van der Waals surface area contributed by atoms with Crippen LogP contribution in [0, 0.1) is 5.92 Å². The fourth-order valence-corrected chi connectivity index (χ4v) is 4.01. The lowest BCUT2D eigenvalue weighted by atomic mass is 9.96. The number of nitrogens with zero attached hydrogens (tertiary/aromatic N) is 1. The number of likely N-dealkylation sites (tertiary alicyclic amines) is 1. The molecular weight excluding hydrogens is 414 g/mol. The van der Waals surface area contributed by atoms with Crippen LogP contribution < -0.4 is 10.6 Å². The summed E-state index contributed by atoms with van der Waals surface area (Å²) in [5.74, 6) is -0.618. The molecule has 0 spiro atoms. The number of rotatable bonds is 6. The molecule has 3 aromatic carbocycles. The van der Waals surface area contributed by atoms with Gasteiger partial charge < -0.3 is 15.5 Å². The molecule has 1 saturated heterocycles. The van der Waals surface area contributed by atoms with Crippen molar-refractivity contribution in [1.29, 1.82) is 0 Å². The number of hydrogen-bond donors (Lipinski definition) is 2. The summed E-state index contributed by atoms with van der Waals surface area (Å²) >= 11 is 0. The average molecular weight is 442 g/mol. The molecule has 1 heterocycles. The molecule has 168 valence electrons. The fourth-order valence-electron chi connectivity index (χ4n) is 4.01. The second-order valence-corrected chi connectivity index (χ2v) is 8.19. The normalized spacial score (nSPS) is 15.5. The lowest BCUT2D eigenvalue weighted by molar-refractivity contribution is -0.126. The lowest BCUT2D eigenvalue weighted by Crippen LogP contribution is -2.45. The molecule has 0 aromatic heterocycles. The van der Waals surface area contributed by atoms with Crippen LogP contribution in [0.2, 0.25) is 0 Å². The summed E-state index contributed by atoms with van der Waals surface area (Å²) in [6, 6.07) is 25.6. The minimum atomic E-state index is -0.229. The second kappa shape index (κ2) is 10.6. The Bertz CT molecular complexity index is 1120. The number of carbonyl (C=O) groups excluding carboxylic acids is 3. The highest BCUT2D eigenvalue weighted by Gasteiger charge is 2.29. The van der Waals surface area contributed by atoms with Gasteiger partial charge >= 0.3 is 0 Å². The lowest BCUT2D eigenvalue weighted by Gasteiger charge is -2.32. The summed E-state index contributed by atoms with van der Waals surface area (Å²) < 4.78 is 0. The van der Waals surface area contributed by atoms with E-state index in [2.05, 4.69) is 10.6 Å². The molecule has 0 unspecified atom stereocenters. The van der Waals surface area contributed by atoms with E-state index in [9.17, 15) is 14.4 Å². The number of carbonyl (C=O) groups is 3. The Balaban J connectivity index is 1.36. The second-order valence-electron chi connectivity index (χ2n) is 8.19. The Labute approximate surface area is 193 Å². The first-order valence-electron chi connectivity index (χ1n) is 11.2. The molecule has 6 nitrogen and oxygen atoms in total. The van der Waals surface area contributed by atoms with Crippen molar-refractivity contribution in [2.24, 2.45) is 5.92 Å². The van der Waals surface area contributed by atoms with Crippen molar-refractivity contribution in [3.05, 3.63) is 102 Å². The van der Waals surface area contributed by atoms with Crippen molar-refractivity contribution in [3.63, 3.8) is 0 Å². The van der Waals surface area contributed by atoms with Gasteiger partial charge in [0.15, 0.2) is 0 Å². The van der Waals surface area contributed by atoms with Crippen LogP contribution >= 0.6 is 0 Å². The summed E-state index contributed by atoms with van der Waals surface area (Å²) in [6.45, 7) is 1.48. The molecule has 1 fully saturated rings. The monoisotopic (exact) mass is 441 g/mol. The molecule has 1 atom stereocenters. The van der Waals surface area contributed by atoms with Crippen LogP contribution in [-0.4, -0.2) is 35.7 Å². The number of benzene rings is 3. The highest BCUT2D eigenvalue weighted by Crippen LogP contribution is 2.21. The van der Waals surface area contributed by atoms with E-state index in [1.807, 2.05) is 36.4 Å². The topological polar surface area (TPSA) is 78.5 Å². The van der Waals surface area contributed by atoms with Crippen molar-refractivity contribution in [2.75, 3.05) is 18.4 Å². The first-order chi connectivity index (χ1) is 16.1. The van der Waals surface area contributed by atoms with Crippen LogP contribution in [0.5, 0.6) is 0 Å². The van der Waals surface area contributed by atoms with Crippen molar-refractivity contribution in [1.82, 2.24) is 10.2 Å². The molecule has 1 aliphatic rings. The molecule has 0 bridgehead atoms. The largest absolute Gasteiger partial charge is 0.352 e. The fraction of sp³-hybridized carbons (Fsp3) is 0.222. The predicted octanol–water partition coefficient (Wildman–Crippen LogP) is 4.11. The smallest absolute Gasteiger partial charge is 0.255 e. The van der Waals surface area contributed by atoms with Gasteiger partial charge in [0.2, 0.25) is 5.91 Å². The van der Waals surface area contributed by atoms with Gasteiger partial charge in [0, 0.05) is 36.4 Å². The first-order valence-corrected chi connectivity index (χ1v) is 11.2. The molecule has 4 rings (SSSR count). The molecule has 0 aliphatic carbocycles. The van der Waals surface area contributed by atoms with Gasteiger partial charge in [-0.25, -0.2) is 0 Å². The highest BCUT2D eigenvalue weighted by atomic mass is 16.2. The van der Waals surface area contributed by atoms with Gasteiger partial charge in [-0.2, -0.15) is 0 Å². The van der Waals surface area contributed by atoms with E-state index in [0.717, 1.165) is 18.4 Å². The van der Waals surface area contributed by atoms with E-state index in [1.165, 1.54) is 0 Å². The zero-order valence-electron chi connectivity index (χ0n) is 18.4. The summed E-state index contributed by atoms with van der Waals surface area (Å²) in [6.07, 6.45) is 1.54. The maximum Gasteiger partial charge on any atom is 0.255 e. The third-order valence-electron chi connectivity index (χ3n) is 5.79.